The lowest BCUT2D eigenvalue weighted by atomic mass is 9.94. The quantitative estimate of drug-likeness (QED) is 0.340. The second-order valence-corrected chi connectivity index (χ2v) is 7.12. The first-order valence-electron chi connectivity index (χ1n) is 9.55. The summed E-state index contributed by atoms with van der Waals surface area (Å²) < 4.78 is 13.3. The van der Waals surface area contributed by atoms with E-state index in [2.05, 4.69) is 6.92 Å². The predicted molar refractivity (Wildman–Crippen MR) is 106 cm³/mol. The first-order valence-corrected chi connectivity index (χ1v) is 9.55. The monoisotopic (exact) mass is 381 g/mol. The van der Waals surface area contributed by atoms with Crippen molar-refractivity contribution in [2.45, 2.75) is 39.2 Å². The summed E-state index contributed by atoms with van der Waals surface area (Å²) >= 11 is 0. The van der Waals surface area contributed by atoms with E-state index < -0.39 is 23.5 Å². The maximum absolute atomic E-state index is 13.3. The molecule has 1 saturated heterocycles. The highest BCUT2D eigenvalue weighted by Gasteiger charge is 2.45. The molecule has 1 aliphatic heterocycles. The second-order valence-electron chi connectivity index (χ2n) is 7.12. The molecule has 2 aromatic carbocycles. The number of carbonyl (C=O) groups is 2. The summed E-state index contributed by atoms with van der Waals surface area (Å²) in [6.07, 6.45) is 2.72. The van der Waals surface area contributed by atoms with Gasteiger partial charge in [0.2, 0.25) is 0 Å². The molecule has 0 aliphatic carbocycles. The number of carbonyl (C=O) groups excluding carboxylic acids is 2. The van der Waals surface area contributed by atoms with Crippen LogP contribution in [0.2, 0.25) is 0 Å². The van der Waals surface area contributed by atoms with Crippen LogP contribution in [0.4, 0.5) is 4.39 Å². The smallest absolute Gasteiger partial charge is 0.295 e. The van der Waals surface area contributed by atoms with Gasteiger partial charge in [0, 0.05) is 12.1 Å². The summed E-state index contributed by atoms with van der Waals surface area (Å²) in [5, 5.41) is 10.8. The molecule has 1 atom stereocenters. The number of halogens is 1. The van der Waals surface area contributed by atoms with Crippen LogP contribution in [0.1, 0.15) is 48.9 Å². The van der Waals surface area contributed by atoms with Crippen LogP contribution >= 0.6 is 0 Å². The minimum atomic E-state index is -0.704. The molecule has 0 bridgehead atoms. The molecule has 146 valence electrons. The molecule has 4 nitrogen and oxygen atoms in total. The Kier molecular flexibility index (Phi) is 5.93. The lowest BCUT2D eigenvalue weighted by Gasteiger charge is -2.25. The van der Waals surface area contributed by atoms with Gasteiger partial charge in [0.25, 0.3) is 11.7 Å². The summed E-state index contributed by atoms with van der Waals surface area (Å²) in [5.41, 5.74) is 2.14. The Bertz CT molecular complexity index is 918. The molecule has 5 heteroatoms. The third kappa shape index (κ3) is 3.84. The Morgan fingerprint density at radius 3 is 2.46 bits per heavy atom. The largest absolute Gasteiger partial charge is 0.507 e. The number of Topliss-reactive ketones (excluding diaryl/α,β-unsaturated/α-hetero) is 1. The molecule has 1 N–H and O–H groups in total. The summed E-state index contributed by atoms with van der Waals surface area (Å²) in [5.74, 6) is -2.02. The third-order valence-corrected chi connectivity index (χ3v) is 5.02. The minimum Gasteiger partial charge on any atom is -0.507 e. The third-order valence-electron chi connectivity index (χ3n) is 5.02. The zero-order valence-electron chi connectivity index (χ0n) is 16.1. The minimum absolute atomic E-state index is 0.0544. The Morgan fingerprint density at radius 1 is 1.11 bits per heavy atom. The number of ketones is 1. The molecule has 0 saturated carbocycles. The van der Waals surface area contributed by atoms with Crippen LogP contribution in [0.15, 0.2) is 54.1 Å². The van der Waals surface area contributed by atoms with Gasteiger partial charge in [-0.05, 0) is 43.2 Å². The Hall–Kier alpha value is -2.95. The van der Waals surface area contributed by atoms with Crippen molar-refractivity contribution in [1.82, 2.24) is 4.90 Å². The van der Waals surface area contributed by atoms with Gasteiger partial charge < -0.3 is 10.0 Å². The van der Waals surface area contributed by atoms with Crippen LogP contribution in [0.3, 0.4) is 0 Å². The zero-order valence-corrected chi connectivity index (χ0v) is 16.1. The summed E-state index contributed by atoms with van der Waals surface area (Å²) in [6.45, 7) is 4.45. The molecule has 1 amide bonds. The maximum Gasteiger partial charge on any atom is 0.295 e. The van der Waals surface area contributed by atoms with Crippen molar-refractivity contribution in [2.75, 3.05) is 6.54 Å². The van der Waals surface area contributed by atoms with Gasteiger partial charge in [-0.1, -0.05) is 49.6 Å². The molecule has 1 unspecified atom stereocenters. The molecule has 0 aromatic heterocycles. The Balaban J connectivity index is 2.12. The number of benzene rings is 2. The van der Waals surface area contributed by atoms with Gasteiger partial charge in [0.05, 0.1) is 11.6 Å². The Morgan fingerprint density at radius 2 is 1.82 bits per heavy atom. The fourth-order valence-electron chi connectivity index (χ4n) is 3.59. The van der Waals surface area contributed by atoms with Crippen LogP contribution < -0.4 is 0 Å². The lowest BCUT2D eigenvalue weighted by Crippen LogP contribution is -2.30. The highest BCUT2D eigenvalue weighted by atomic mass is 19.1. The van der Waals surface area contributed by atoms with Crippen molar-refractivity contribution in [3.63, 3.8) is 0 Å². The van der Waals surface area contributed by atoms with Gasteiger partial charge in [-0.15, -0.1) is 0 Å². The van der Waals surface area contributed by atoms with Gasteiger partial charge in [-0.25, -0.2) is 4.39 Å². The molecule has 2 aromatic rings. The number of rotatable bonds is 6. The summed E-state index contributed by atoms with van der Waals surface area (Å²) in [6, 6.07) is 12.2. The number of nitrogens with zero attached hydrogens (tertiary/aromatic N) is 1. The number of aliphatic hydroxyl groups excluding tert-OH is 1. The van der Waals surface area contributed by atoms with Crippen molar-refractivity contribution in [2.24, 2.45) is 0 Å². The number of aryl methyl sites for hydroxylation is 1. The van der Waals surface area contributed by atoms with Gasteiger partial charge in [-0.2, -0.15) is 0 Å². The number of hydrogen-bond donors (Lipinski definition) is 1. The number of likely N-dealkylation sites (tertiary alicyclic amines) is 1. The van der Waals surface area contributed by atoms with Crippen molar-refractivity contribution in [3.05, 3.63) is 76.6 Å². The molecule has 1 heterocycles. The topological polar surface area (TPSA) is 57.6 Å². The van der Waals surface area contributed by atoms with E-state index in [1.165, 1.54) is 24.3 Å². The van der Waals surface area contributed by atoms with Crippen molar-refractivity contribution >= 4 is 17.4 Å². The highest BCUT2D eigenvalue weighted by Crippen LogP contribution is 2.39. The van der Waals surface area contributed by atoms with Crippen molar-refractivity contribution in [3.8, 4) is 0 Å². The number of aliphatic hydroxyl groups is 1. The molecular weight excluding hydrogens is 357 g/mol. The van der Waals surface area contributed by atoms with Gasteiger partial charge in [0.15, 0.2) is 0 Å². The predicted octanol–water partition coefficient (Wildman–Crippen LogP) is 4.75. The van der Waals surface area contributed by atoms with E-state index in [-0.39, 0.29) is 11.3 Å². The molecule has 0 radical (unpaired) electrons. The van der Waals surface area contributed by atoms with E-state index in [4.69, 9.17) is 0 Å². The lowest BCUT2D eigenvalue weighted by molar-refractivity contribution is -0.139. The van der Waals surface area contributed by atoms with Gasteiger partial charge >= 0.3 is 0 Å². The highest BCUT2D eigenvalue weighted by molar-refractivity contribution is 6.46. The maximum atomic E-state index is 13.3. The zero-order chi connectivity index (χ0) is 20.3. The average Bonchev–Trinajstić information content (AvgIpc) is 2.93. The van der Waals surface area contributed by atoms with Gasteiger partial charge in [0.1, 0.15) is 11.6 Å². The summed E-state index contributed by atoms with van der Waals surface area (Å²) in [7, 11) is 0. The molecule has 1 aliphatic rings. The summed E-state index contributed by atoms with van der Waals surface area (Å²) in [4.78, 5) is 27.1. The van der Waals surface area contributed by atoms with E-state index in [1.54, 1.807) is 4.90 Å². The van der Waals surface area contributed by atoms with Crippen LogP contribution in [0, 0.1) is 12.7 Å². The van der Waals surface area contributed by atoms with E-state index in [9.17, 15) is 19.1 Å². The van der Waals surface area contributed by atoms with Crippen LogP contribution in [-0.2, 0) is 9.59 Å². The fraction of sp³-hybridized carbons (Fsp3) is 0.304. The van der Waals surface area contributed by atoms with Crippen molar-refractivity contribution < 1.29 is 19.1 Å². The molecule has 1 fully saturated rings. The number of amides is 1. The number of unbranched alkanes of at least 4 members (excludes halogenated alkanes) is 2. The fourth-order valence-corrected chi connectivity index (χ4v) is 3.59. The first-order chi connectivity index (χ1) is 13.4. The Labute approximate surface area is 164 Å². The van der Waals surface area contributed by atoms with Gasteiger partial charge in [-0.3, -0.25) is 9.59 Å². The van der Waals surface area contributed by atoms with Crippen LogP contribution in [0.5, 0.6) is 0 Å². The van der Waals surface area contributed by atoms with Crippen molar-refractivity contribution in [1.29, 1.82) is 0 Å². The van der Waals surface area contributed by atoms with Crippen LogP contribution in [0.25, 0.3) is 5.76 Å². The molecule has 28 heavy (non-hydrogen) atoms. The SMILES string of the molecule is CCCCCN1C(=O)C(=O)/C(=C(\O)c2ccc(F)cc2)C1c1cccc(C)c1. The number of hydrogen-bond acceptors (Lipinski definition) is 3. The molecular formula is C23H24FNO3. The first kappa shape index (κ1) is 19.8. The second kappa shape index (κ2) is 8.38. The molecule has 0 spiro atoms. The standard InChI is InChI=1S/C23H24FNO3/c1-3-4-5-13-25-20(17-8-6-7-15(2)14-17)19(22(27)23(25)28)21(26)16-9-11-18(24)12-10-16/h6-12,14,20,26H,3-5,13H2,1-2H3/b21-19-. The average molecular weight is 381 g/mol. The van der Waals surface area contributed by atoms with E-state index in [0.717, 1.165) is 30.4 Å². The van der Waals surface area contributed by atoms with Crippen LogP contribution in [-0.4, -0.2) is 28.2 Å². The van der Waals surface area contributed by atoms with E-state index >= 15 is 0 Å². The van der Waals surface area contributed by atoms with E-state index in [0.29, 0.717) is 12.1 Å². The molecule has 3 rings (SSSR count). The van der Waals surface area contributed by atoms with E-state index in [1.807, 2.05) is 31.2 Å². The normalized spacial score (nSPS) is 18.7.